The van der Waals surface area contributed by atoms with Gasteiger partial charge in [-0.25, -0.2) is 5.43 Å². The maximum absolute atomic E-state index is 11.3. The van der Waals surface area contributed by atoms with Gasteiger partial charge in [0.2, 0.25) is 23.6 Å². The molecule has 1 heterocycles. The van der Waals surface area contributed by atoms with Crippen molar-refractivity contribution in [1.82, 2.24) is 15.0 Å². The fourth-order valence-electron chi connectivity index (χ4n) is 3.31. The molecule has 0 spiro atoms. The molecule has 0 bridgehead atoms. The van der Waals surface area contributed by atoms with Crippen molar-refractivity contribution in [2.45, 2.75) is 0 Å². The van der Waals surface area contributed by atoms with Crippen LogP contribution in [0, 0.1) is 20.2 Å². The molecule has 0 fully saturated rings. The summed E-state index contributed by atoms with van der Waals surface area (Å²) in [6, 6.07) is 17.2. The molecule has 1 aromatic heterocycles. The summed E-state index contributed by atoms with van der Waals surface area (Å²) in [7, 11) is 2.89. The molecule has 0 radical (unpaired) electrons. The first-order chi connectivity index (χ1) is 18.9. The molecular weight excluding hydrogens is 510 g/mol. The highest BCUT2D eigenvalue weighted by Gasteiger charge is 2.17. The van der Waals surface area contributed by atoms with Crippen molar-refractivity contribution in [3.63, 3.8) is 0 Å². The van der Waals surface area contributed by atoms with Crippen LogP contribution in [0.4, 0.5) is 40.6 Å². The van der Waals surface area contributed by atoms with Gasteiger partial charge in [-0.3, -0.25) is 20.2 Å². The number of para-hydroxylation sites is 1. The number of methoxy groups -OCH3 is 2. The summed E-state index contributed by atoms with van der Waals surface area (Å²) in [6.45, 7) is 0. The smallest absolute Gasteiger partial charge is 0.311 e. The lowest BCUT2D eigenvalue weighted by Gasteiger charge is -2.10. The number of anilines is 5. The lowest BCUT2D eigenvalue weighted by molar-refractivity contribution is -0.385. The minimum absolute atomic E-state index is 0.0334. The molecule has 0 atom stereocenters. The molecule has 0 aliphatic carbocycles. The first-order valence-electron chi connectivity index (χ1n) is 11.2. The van der Waals surface area contributed by atoms with Gasteiger partial charge in [0, 0.05) is 35.1 Å². The van der Waals surface area contributed by atoms with Crippen LogP contribution in [0.25, 0.3) is 0 Å². The quantitative estimate of drug-likeness (QED) is 0.138. The molecule has 0 aliphatic rings. The van der Waals surface area contributed by atoms with Crippen molar-refractivity contribution in [3.8, 4) is 11.5 Å². The molecule has 0 amide bonds. The summed E-state index contributed by atoms with van der Waals surface area (Å²) in [5.41, 5.74) is 3.93. The standard InChI is InChI=1S/C24H21N9O6/c1-38-19-12-8-17(9-13-19)27-23-28-22(26-16-6-10-18(11-7-16)32(34)35)29-24(30-23)31-25-14-15-4-3-5-20(33(36)37)21(15)39-2/h3-14H,1-2H3,(H3,26,27,28,29,30,31)/b25-14+. The fraction of sp³-hybridized carbons (Fsp3) is 0.0833. The lowest BCUT2D eigenvalue weighted by Crippen LogP contribution is -2.07. The minimum Gasteiger partial charge on any atom is -0.497 e. The van der Waals surface area contributed by atoms with E-state index in [9.17, 15) is 20.2 Å². The molecule has 0 unspecified atom stereocenters. The zero-order valence-electron chi connectivity index (χ0n) is 20.6. The molecule has 0 saturated carbocycles. The Hall–Kier alpha value is -5.86. The zero-order valence-corrected chi connectivity index (χ0v) is 20.6. The first kappa shape index (κ1) is 26.2. The Morgan fingerprint density at radius 3 is 1.90 bits per heavy atom. The van der Waals surface area contributed by atoms with E-state index in [0.29, 0.717) is 22.7 Å². The molecule has 4 aromatic rings. The Balaban J connectivity index is 1.61. The summed E-state index contributed by atoms with van der Waals surface area (Å²) in [5.74, 6) is 1.02. The second-order valence-electron chi connectivity index (χ2n) is 7.62. The highest BCUT2D eigenvalue weighted by atomic mass is 16.6. The molecule has 39 heavy (non-hydrogen) atoms. The monoisotopic (exact) mass is 531 g/mol. The number of ether oxygens (including phenoxy) is 2. The Kier molecular flexibility index (Phi) is 8.01. The van der Waals surface area contributed by atoms with E-state index in [1.165, 1.54) is 49.7 Å². The molecule has 3 aromatic carbocycles. The Labute approximate surface area is 220 Å². The normalized spacial score (nSPS) is 10.6. The molecule has 15 heteroatoms. The summed E-state index contributed by atoms with van der Waals surface area (Å²) >= 11 is 0. The zero-order chi connectivity index (χ0) is 27.8. The van der Waals surface area contributed by atoms with Gasteiger partial charge >= 0.3 is 5.69 Å². The molecule has 198 valence electrons. The largest absolute Gasteiger partial charge is 0.497 e. The van der Waals surface area contributed by atoms with E-state index in [0.717, 1.165) is 0 Å². The predicted molar refractivity (Wildman–Crippen MR) is 143 cm³/mol. The maximum atomic E-state index is 11.3. The van der Waals surface area contributed by atoms with E-state index in [2.05, 4.69) is 36.1 Å². The highest BCUT2D eigenvalue weighted by Crippen LogP contribution is 2.29. The molecule has 0 saturated heterocycles. The van der Waals surface area contributed by atoms with E-state index >= 15 is 0 Å². The van der Waals surface area contributed by atoms with Gasteiger partial charge in [-0.2, -0.15) is 20.1 Å². The SMILES string of the molecule is COc1ccc(Nc2nc(N/N=C/c3cccc([N+](=O)[O-])c3OC)nc(Nc3ccc([N+](=O)[O-])cc3)n2)cc1. The van der Waals surface area contributed by atoms with E-state index in [4.69, 9.17) is 9.47 Å². The van der Waals surface area contributed by atoms with Crippen LogP contribution in [-0.4, -0.2) is 45.2 Å². The van der Waals surface area contributed by atoms with E-state index < -0.39 is 9.85 Å². The Morgan fingerprint density at radius 2 is 1.36 bits per heavy atom. The van der Waals surface area contributed by atoms with Crippen LogP contribution in [0.5, 0.6) is 11.5 Å². The van der Waals surface area contributed by atoms with Gasteiger partial charge < -0.3 is 20.1 Å². The third-order valence-electron chi connectivity index (χ3n) is 5.11. The van der Waals surface area contributed by atoms with Crippen molar-refractivity contribution in [2.75, 3.05) is 30.3 Å². The van der Waals surface area contributed by atoms with Gasteiger partial charge in [0.25, 0.3) is 5.69 Å². The van der Waals surface area contributed by atoms with E-state index in [1.54, 1.807) is 37.4 Å². The maximum Gasteiger partial charge on any atom is 0.311 e. The predicted octanol–water partition coefficient (Wildman–Crippen LogP) is 4.64. The van der Waals surface area contributed by atoms with Crippen LogP contribution < -0.4 is 25.5 Å². The van der Waals surface area contributed by atoms with E-state index in [1.807, 2.05) is 0 Å². The molecule has 3 N–H and O–H groups in total. The van der Waals surface area contributed by atoms with Gasteiger partial charge in [-0.1, -0.05) is 6.07 Å². The molecule has 0 aliphatic heterocycles. The van der Waals surface area contributed by atoms with Crippen molar-refractivity contribution in [1.29, 1.82) is 0 Å². The molecular formula is C24H21N9O6. The average Bonchev–Trinajstić information content (AvgIpc) is 2.93. The van der Waals surface area contributed by atoms with Crippen LogP contribution in [0.1, 0.15) is 5.56 Å². The van der Waals surface area contributed by atoms with Crippen LogP contribution in [0.2, 0.25) is 0 Å². The number of nitrogens with one attached hydrogen (secondary N) is 3. The first-order valence-corrected chi connectivity index (χ1v) is 11.2. The minimum atomic E-state index is -0.553. The number of nitrogens with zero attached hydrogens (tertiary/aromatic N) is 6. The van der Waals surface area contributed by atoms with Crippen molar-refractivity contribution in [3.05, 3.63) is 92.5 Å². The van der Waals surface area contributed by atoms with Crippen LogP contribution in [-0.2, 0) is 0 Å². The van der Waals surface area contributed by atoms with Crippen molar-refractivity contribution >= 4 is 46.8 Å². The van der Waals surface area contributed by atoms with Crippen LogP contribution in [0.15, 0.2) is 71.8 Å². The number of nitro benzene ring substituents is 2. The van der Waals surface area contributed by atoms with Crippen LogP contribution in [0.3, 0.4) is 0 Å². The van der Waals surface area contributed by atoms with Crippen molar-refractivity contribution in [2.24, 2.45) is 5.10 Å². The highest BCUT2D eigenvalue weighted by molar-refractivity contribution is 5.86. The number of hydrogen-bond donors (Lipinski definition) is 3. The van der Waals surface area contributed by atoms with Gasteiger partial charge in [0.15, 0.2) is 0 Å². The van der Waals surface area contributed by atoms with E-state index in [-0.39, 0.29) is 35.0 Å². The third kappa shape index (κ3) is 6.67. The number of aromatic nitrogens is 3. The number of hydrazone groups is 1. The lowest BCUT2D eigenvalue weighted by atomic mass is 10.2. The molecule has 4 rings (SSSR count). The Bertz CT molecular complexity index is 1510. The number of rotatable bonds is 11. The van der Waals surface area contributed by atoms with Gasteiger partial charge in [0.05, 0.1) is 30.3 Å². The summed E-state index contributed by atoms with van der Waals surface area (Å²) < 4.78 is 10.3. The van der Waals surface area contributed by atoms with Crippen molar-refractivity contribution < 1.29 is 19.3 Å². The fourth-order valence-corrected chi connectivity index (χ4v) is 3.31. The second kappa shape index (κ2) is 11.9. The number of non-ortho nitro benzene ring substituents is 1. The molecule has 15 nitrogen and oxygen atoms in total. The summed E-state index contributed by atoms with van der Waals surface area (Å²) in [4.78, 5) is 34.1. The number of nitro groups is 2. The second-order valence-corrected chi connectivity index (χ2v) is 7.62. The summed E-state index contributed by atoms with van der Waals surface area (Å²) in [6.07, 6.45) is 1.33. The number of benzene rings is 3. The third-order valence-corrected chi connectivity index (χ3v) is 5.11. The van der Waals surface area contributed by atoms with Gasteiger partial charge in [0.1, 0.15) is 5.75 Å². The van der Waals surface area contributed by atoms with Crippen LogP contribution >= 0.6 is 0 Å². The Morgan fingerprint density at radius 1 is 0.769 bits per heavy atom. The van der Waals surface area contributed by atoms with Gasteiger partial charge in [-0.15, -0.1) is 0 Å². The summed E-state index contributed by atoms with van der Waals surface area (Å²) in [5, 5.41) is 32.3. The topological polar surface area (TPSA) is 192 Å². The average molecular weight is 531 g/mol. The van der Waals surface area contributed by atoms with Gasteiger partial charge in [-0.05, 0) is 42.5 Å². The number of hydrogen-bond acceptors (Lipinski definition) is 13.